The van der Waals surface area contributed by atoms with E-state index >= 15 is 0 Å². The Morgan fingerprint density at radius 1 is 1.50 bits per heavy atom. The number of benzene rings is 1. The summed E-state index contributed by atoms with van der Waals surface area (Å²) in [7, 11) is 0. The van der Waals surface area contributed by atoms with E-state index in [2.05, 4.69) is 10.6 Å². The number of ether oxygens (including phenoxy) is 1. The second kappa shape index (κ2) is 4.58. The summed E-state index contributed by atoms with van der Waals surface area (Å²) in [5.41, 5.74) is 1.19. The molecule has 1 rings (SSSR count). The van der Waals surface area contributed by atoms with Gasteiger partial charge in [-0.3, -0.25) is 10.2 Å². The SMILES string of the molecule is NNC(=O)C(F)(F)Oc1cccc(Cl)c1F. The Morgan fingerprint density at radius 2 is 2.12 bits per heavy atom. The molecule has 1 aromatic rings. The van der Waals surface area contributed by atoms with Gasteiger partial charge in [-0.05, 0) is 12.1 Å². The van der Waals surface area contributed by atoms with E-state index in [9.17, 15) is 18.0 Å². The lowest BCUT2D eigenvalue weighted by Crippen LogP contribution is -2.47. The predicted octanol–water partition coefficient (Wildman–Crippen LogP) is 1.44. The van der Waals surface area contributed by atoms with Crippen molar-refractivity contribution in [3.8, 4) is 5.75 Å². The highest BCUT2D eigenvalue weighted by Crippen LogP contribution is 2.28. The van der Waals surface area contributed by atoms with Crippen molar-refractivity contribution in [1.29, 1.82) is 0 Å². The second-order valence-electron chi connectivity index (χ2n) is 2.64. The summed E-state index contributed by atoms with van der Waals surface area (Å²) in [5.74, 6) is 0.571. The van der Waals surface area contributed by atoms with Gasteiger partial charge in [0, 0.05) is 0 Å². The molecule has 0 aliphatic carbocycles. The second-order valence-corrected chi connectivity index (χ2v) is 3.05. The van der Waals surface area contributed by atoms with E-state index in [1.54, 1.807) is 0 Å². The van der Waals surface area contributed by atoms with Gasteiger partial charge >= 0.3 is 12.0 Å². The molecule has 0 radical (unpaired) electrons. The first-order valence-corrected chi connectivity index (χ1v) is 4.28. The van der Waals surface area contributed by atoms with Crippen molar-refractivity contribution >= 4 is 17.5 Å². The number of amides is 1. The molecule has 1 amide bonds. The number of nitrogens with two attached hydrogens (primary N) is 1. The lowest BCUT2D eigenvalue weighted by atomic mass is 10.3. The molecule has 0 fully saturated rings. The van der Waals surface area contributed by atoms with Crippen molar-refractivity contribution in [3.63, 3.8) is 0 Å². The van der Waals surface area contributed by atoms with Crippen LogP contribution in [0.4, 0.5) is 13.2 Å². The molecule has 0 heterocycles. The van der Waals surface area contributed by atoms with Crippen molar-refractivity contribution in [2.75, 3.05) is 0 Å². The average molecular weight is 255 g/mol. The number of nitrogens with one attached hydrogen (secondary N) is 1. The maximum atomic E-state index is 13.1. The van der Waals surface area contributed by atoms with Crippen LogP contribution in [0.25, 0.3) is 0 Å². The normalized spacial score (nSPS) is 11.1. The van der Waals surface area contributed by atoms with Gasteiger partial charge in [0.25, 0.3) is 0 Å². The third-order valence-electron chi connectivity index (χ3n) is 1.55. The standard InChI is InChI=1S/C8H6ClF3N2O2/c9-4-2-1-3-5(6(4)10)16-8(11,12)7(15)14-13/h1-3H,13H2,(H,14,15). The van der Waals surface area contributed by atoms with Gasteiger partial charge in [-0.1, -0.05) is 17.7 Å². The summed E-state index contributed by atoms with van der Waals surface area (Å²) >= 11 is 5.33. The third-order valence-corrected chi connectivity index (χ3v) is 1.84. The number of carbonyl (C=O) groups excluding carboxylic acids is 1. The van der Waals surface area contributed by atoms with Crippen LogP contribution in [0.5, 0.6) is 5.75 Å². The summed E-state index contributed by atoms with van der Waals surface area (Å²) < 4.78 is 42.8. The van der Waals surface area contributed by atoms with Crippen molar-refractivity contribution in [2.24, 2.45) is 5.84 Å². The van der Waals surface area contributed by atoms with Crippen LogP contribution in [-0.4, -0.2) is 12.0 Å². The molecule has 0 saturated heterocycles. The molecule has 0 aromatic heterocycles. The molecule has 16 heavy (non-hydrogen) atoms. The molecule has 0 spiro atoms. The molecule has 0 atom stereocenters. The minimum Gasteiger partial charge on any atom is -0.422 e. The van der Waals surface area contributed by atoms with E-state index in [4.69, 9.17) is 11.6 Å². The molecule has 0 saturated carbocycles. The molecule has 0 bridgehead atoms. The molecule has 4 nitrogen and oxygen atoms in total. The number of hydrogen-bond acceptors (Lipinski definition) is 3. The minimum absolute atomic E-state index is 0.401. The molecule has 0 aliphatic rings. The van der Waals surface area contributed by atoms with Gasteiger partial charge in [-0.25, -0.2) is 10.2 Å². The smallest absolute Gasteiger partial charge is 0.422 e. The molecule has 88 valence electrons. The van der Waals surface area contributed by atoms with Crippen LogP contribution in [0, 0.1) is 5.82 Å². The first-order valence-electron chi connectivity index (χ1n) is 3.90. The lowest BCUT2D eigenvalue weighted by molar-refractivity contribution is -0.193. The van der Waals surface area contributed by atoms with Gasteiger partial charge < -0.3 is 4.74 Å². The minimum atomic E-state index is -4.28. The maximum Gasteiger partial charge on any atom is 0.483 e. The zero-order valence-corrected chi connectivity index (χ0v) is 8.39. The van der Waals surface area contributed by atoms with Crippen molar-refractivity contribution in [2.45, 2.75) is 6.11 Å². The average Bonchev–Trinajstić information content (AvgIpc) is 2.23. The Bertz CT molecular complexity index is 414. The summed E-state index contributed by atoms with van der Waals surface area (Å²) in [6.45, 7) is 0. The fraction of sp³-hybridized carbons (Fsp3) is 0.125. The van der Waals surface area contributed by atoms with Crippen LogP contribution >= 0.6 is 11.6 Å². The van der Waals surface area contributed by atoms with Gasteiger partial charge in [0.1, 0.15) is 0 Å². The van der Waals surface area contributed by atoms with Crippen LogP contribution in [-0.2, 0) is 4.79 Å². The maximum absolute atomic E-state index is 13.1. The van der Waals surface area contributed by atoms with Crippen LogP contribution < -0.4 is 16.0 Å². The van der Waals surface area contributed by atoms with Gasteiger partial charge in [-0.2, -0.15) is 8.78 Å². The number of carbonyl (C=O) groups is 1. The Morgan fingerprint density at radius 3 is 2.69 bits per heavy atom. The molecular formula is C8H6ClF3N2O2. The van der Waals surface area contributed by atoms with Crippen LogP contribution in [0.3, 0.4) is 0 Å². The molecular weight excluding hydrogens is 249 g/mol. The van der Waals surface area contributed by atoms with E-state index in [0.717, 1.165) is 12.1 Å². The van der Waals surface area contributed by atoms with Gasteiger partial charge in [-0.15, -0.1) is 0 Å². The van der Waals surface area contributed by atoms with Crippen molar-refractivity contribution < 1.29 is 22.7 Å². The Labute approximate surface area is 93.1 Å². The molecule has 8 heteroatoms. The van der Waals surface area contributed by atoms with Gasteiger partial charge in [0.2, 0.25) is 0 Å². The van der Waals surface area contributed by atoms with Crippen molar-refractivity contribution in [1.82, 2.24) is 5.43 Å². The predicted molar refractivity (Wildman–Crippen MR) is 49.3 cm³/mol. The topological polar surface area (TPSA) is 64.3 Å². The van der Waals surface area contributed by atoms with E-state index < -0.39 is 28.6 Å². The largest absolute Gasteiger partial charge is 0.483 e. The molecule has 0 unspecified atom stereocenters. The van der Waals surface area contributed by atoms with Crippen LogP contribution in [0.2, 0.25) is 5.02 Å². The summed E-state index contributed by atoms with van der Waals surface area (Å²) in [6, 6.07) is 3.24. The van der Waals surface area contributed by atoms with Crippen molar-refractivity contribution in [3.05, 3.63) is 29.0 Å². The quantitative estimate of drug-likeness (QED) is 0.487. The Balaban J connectivity index is 2.96. The molecule has 1 aromatic carbocycles. The fourth-order valence-corrected chi connectivity index (χ4v) is 0.997. The summed E-state index contributed by atoms with van der Waals surface area (Å²) in [5, 5.41) is -0.401. The summed E-state index contributed by atoms with van der Waals surface area (Å²) in [4.78, 5) is 10.6. The highest BCUT2D eigenvalue weighted by molar-refractivity contribution is 6.30. The number of halogens is 4. The monoisotopic (exact) mass is 254 g/mol. The van der Waals surface area contributed by atoms with Crippen LogP contribution in [0.1, 0.15) is 0 Å². The Hall–Kier alpha value is -1.47. The highest BCUT2D eigenvalue weighted by atomic mass is 35.5. The number of rotatable bonds is 3. The van der Waals surface area contributed by atoms with Crippen LogP contribution in [0.15, 0.2) is 18.2 Å². The van der Waals surface area contributed by atoms with E-state index in [1.807, 2.05) is 0 Å². The van der Waals surface area contributed by atoms with E-state index in [-0.39, 0.29) is 0 Å². The zero-order valence-electron chi connectivity index (χ0n) is 7.64. The molecule has 3 N–H and O–H groups in total. The number of hydrogen-bond donors (Lipinski definition) is 2. The first-order chi connectivity index (χ1) is 7.38. The first kappa shape index (κ1) is 12.6. The van der Waals surface area contributed by atoms with E-state index in [1.165, 1.54) is 11.5 Å². The van der Waals surface area contributed by atoms with E-state index in [0.29, 0.717) is 0 Å². The highest BCUT2D eigenvalue weighted by Gasteiger charge is 2.42. The summed E-state index contributed by atoms with van der Waals surface area (Å²) in [6.07, 6.45) is -4.28. The zero-order chi connectivity index (χ0) is 12.3. The number of hydrazine groups is 1. The van der Waals surface area contributed by atoms with Gasteiger partial charge in [0.05, 0.1) is 5.02 Å². The fourth-order valence-electron chi connectivity index (χ4n) is 0.831. The third kappa shape index (κ3) is 2.56. The Kier molecular flexibility index (Phi) is 3.61. The molecule has 0 aliphatic heterocycles. The van der Waals surface area contributed by atoms with Gasteiger partial charge in [0.15, 0.2) is 11.6 Å². The lowest BCUT2D eigenvalue weighted by Gasteiger charge is -2.16. The number of alkyl halides is 2.